The molecule has 2 aliphatic rings. The molecule has 2 saturated heterocycles. The van der Waals surface area contributed by atoms with Crippen LogP contribution in [0.15, 0.2) is 0 Å². The van der Waals surface area contributed by atoms with Crippen LogP contribution in [0.5, 0.6) is 0 Å². The van der Waals surface area contributed by atoms with Crippen molar-refractivity contribution in [3.63, 3.8) is 0 Å². The molecule has 3 heteroatoms. The van der Waals surface area contributed by atoms with Crippen molar-refractivity contribution in [3.05, 3.63) is 0 Å². The molecule has 0 aromatic carbocycles. The van der Waals surface area contributed by atoms with E-state index in [1.165, 1.54) is 58.3 Å². The highest BCUT2D eigenvalue weighted by atomic mass is 16.5. The van der Waals surface area contributed by atoms with E-state index in [0.29, 0.717) is 12.2 Å². The van der Waals surface area contributed by atoms with Crippen LogP contribution >= 0.6 is 0 Å². The summed E-state index contributed by atoms with van der Waals surface area (Å²) in [5.74, 6) is 0.904. The standard InChI is InChI=1S/C16H32N2O/c1-4-9-18(12-15-5-7-17-8-6-15)16-10-13(2)19-14(3)11-16/h13-17H,4-12H2,1-3H3. The maximum Gasteiger partial charge on any atom is 0.0565 e. The number of rotatable bonds is 5. The van der Waals surface area contributed by atoms with Crippen LogP contribution in [0.3, 0.4) is 0 Å². The zero-order valence-corrected chi connectivity index (χ0v) is 13.0. The van der Waals surface area contributed by atoms with E-state index < -0.39 is 0 Å². The molecule has 0 saturated carbocycles. The average Bonchev–Trinajstić information content (AvgIpc) is 2.38. The summed E-state index contributed by atoms with van der Waals surface area (Å²) in [5, 5.41) is 3.48. The third-order valence-electron chi connectivity index (χ3n) is 4.65. The van der Waals surface area contributed by atoms with Gasteiger partial charge in [0.05, 0.1) is 12.2 Å². The molecular formula is C16H32N2O. The van der Waals surface area contributed by atoms with E-state index in [0.717, 1.165) is 12.0 Å². The van der Waals surface area contributed by atoms with Gasteiger partial charge in [-0.05, 0) is 71.5 Å². The van der Waals surface area contributed by atoms with E-state index in [1.807, 2.05) is 0 Å². The number of hydrogen-bond donors (Lipinski definition) is 1. The van der Waals surface area contributed by atoms with E-state index in [9.17, 15) is 0 Å². The first-order valence-corrected chi connectivity index (χ1v) is 8.29. The van der Waals surface area contributed by atoms with Crippen LogP contribution in [0.25, 0.3) is 0 Å². The lowest BCUT2D eigenvalue weighted by molar-refractivity contribution is -0.0677. The summed E-state index contributed by atoms with van der Waals surface area (Å²) in [7, 11) is 0. The van der Waals surface area contributed by atoms with Crippen LogP contribution < -0.4 is 5.32 Å². The zero-order chi connectivity index (χ0) is 13.7. The molecule has 0 bridgehead atoms. The minimum absolute atomic E-state index is 0.432. The zero-order valence-electron chi connectivity index (χ0n) is 13.0. The van der Waals surface area contributed by atoms with E-state index in [2.05, 4.69) is 31.0 Å². The molecule has 0 aliphatic carbocycles. The highest BCUT2D eigenvalue weighted by Gasteiger charge is 2.30. The fourth-order valence-electron chi connectivity index (χ4n) is 3.77. The first-order chi connectivity index (χ1) is 9.19. The van der Waals surface area contributed by atoms with Crippen LogP contribution in [0.2, 0.25) is 0 Å². The van der Waals surface area contributed by atoms with Gasteiger partial charge in [0.15, 0.2) is 0 Å². The third kappa shape index (κ3) is 4.73. The SMILES string of the molecule is CCCN(CC1CCNCC1)C1CC(C)OC(C)C1. The average molecular weight is 268 g/mol. The van der Waals surface area contributed by atoms with Gasteiger partial charge < -0.3 is 10.1 Å². The Morgan fingerprint density at radius 2 is 1.74 bits per heavy atom. The number of nitrogens with zero attached hydrogens (tertiary/aromatic N) is 1. The molecule has 0 amide bonds. The van der Waals surface area contributed by atoms with Crippen LogP contribution in [-0.2, 0) is 4.74 Å². The molecule has 2 rings (SSSR count). The lowest BCUT2D eigenvalue weighted by Gasteiger charge is -2.41. The van der Waals surface area contributed by atoms with Crippen molar-refractivity contribution in [2.75, 3.05) is 26.2 Å². The molecule has 2 aliphatic heterocycles. The van der Waals surface area contributed by atoms with E-state index in [1.54, 1.807) is 0 Å². The van der Waals surface area contributed by atoms with Crippen molar-refractivity contribution in [1.82, 2.24) is 10.2 Å². The van der Waals surface area contributed by atoms with Crippen molar-refractivity contribution in [3.8, 4) is 0 Å². The molecule has 0 aromatic heterocycles. The maximum atomic E-state index is 5.90. The van der Waals surface area contributed by atoms with Gasteiger partial charge in [0.2, 0.25) is 0 Å². The molecular weight excluding hydrogens is 236 g/mol. The largest absolute Gasteiger partial charge is 0.375 e. The van der Waals surface area contributed by atoms with Crippen molar-refractivity contribution in [2.24, 2.45) is 5.92 Å². The molecule has 2 heterocycles. The van der Waals surface area contributed by atoms with Gasteiger partial charge in [-0.15, -0.1) is 0 Å². The molecule has 3 nitrogen and oxygen atoms in total. The lowest BCUT2D eigenvalue weighted by atomic mass is 9.93. The Labute approximate surface area is 119 Å². The minimum atomic E-state index is 0.432. The van der Waals surface area contributed by atoms with Gasteiger partial charge in [-0.25, -0.2) is 0 Å². The van der Waals surface area contributed by atoms with Gasteiger partial charge in [0.1, 0.15) is 0 Å². The molecule has 19 heavy (non-hydrogen) atoms. The molecule has 2 atom stereocenters. The number of piperidine rings is 1. The smallest absolute Gasteiger partial charge is 0.0565 e. The van der Waals surface area contributed by atoms with E-state index in [4.69, 9.17) is 4.74 Å². The predicted molar refractivity (Wildman–Crippen MR) is 80.5 cm³/mol. The van der Waals surface area contributed by atoms with Crippen LogP contribution in [-0.4, -0.2) is 49.3 Å². The predicted octanol–water partition coefficient (Wildman–Crippen LogP) is 2.65. The van der Waals surface area contributed by atoms with Gasteiger partial charge in [-0.1, -0.05) is 6.92 Å². The summed E-state index contributed by atoms with van der Waals surface area (Å²) < 4.78 is 5.90. The van der Waals surface area contributed by atoms with Crippen molar-refractivity contribution in [1.29, 1.82) is 0 Å². The van der Waals surface area contributed by atoms with Crippen LogP contribution in [0, 0.1) is 5.92 Å². The maximum absolute atomic E-state index is 5.90. The summed E-state index contributed by atoms with van der Waals surface area (Å²) in [6, 6.07) is 0.744. The summed E-state index contributed by atoms with van der Waals surface area (Å²) in [5.41, 5.74) is 0. The highest BCUT2D eigenvalue weighted by Crippen LogP contribution is 2.25. The Morgan fingerprint density at radius 3 is 2.32 bits per heavy atom. The first-order valence-electron chi connectivity index (χ1n) is 8.29. The quantitative estimate of drug-likeness (QED) is 0.829. The Balaban J connectivity index is 1.89. The minimum Gasteiger partial charge on any atom is -0.375 e. The topological polar surface area (TPSA) is 24.5 Å². The van der Waals surface area contributed by atoms with Crippen LogP contribution in [0.4, 0.5) is 0 Å². The number of hydrogen-bond acceptors (Lipinski definition) is 3. The van der Waals surface area contributed by atoms with Gasteiger partial charge >= 0.3 is 0 Å². The fourth-order valence-corrected chi connectivity index (χ4v) is 3.77. The Bertz CT molecular complexity index is 243. The Hall–Kier alpha value is -0.120. The monoisotopic (exact) mass is 268 g/mol. The molecule has 1 N–H and O–H groups in total. The van der Waals surface area contributed by atoms with Gasteiger partial charge in [0.25, 0.3) is 0 Å². The van der Waals surface area contributed by atoms with E-state index >= 15 is 0 Å². The fraction of sp³-hybridized carbons (Fsp3) is 1.00. The highest BCUT2D eigenvalue weighted by molar-refractivity contribution is 4.83. The second kappa shape index (κ2) is 7.61. The summed E-state index contributed by atoms with van der Waals surface area (Å²) in [4.78, 5) is 2.77. The molecule has 2 fully saturated rings. The van der Waals surface area contributed by atoms with Gasteiger partial charge in [-0.2, -0.15) is 0 Å². The van der Waals surface area contributed by atoms with Crippen molar-refractivity contribution < 1.29 is 4.74 Å². The van der Waals surface area contributed by atoms with Gasteiger partial charge in [0, 0.05) is 12.6 Å². The second-order valence-electron chi connectivity index (χ2n) is 6.57. The Morgan fingerprint density at radius 1 is 1.11 bits per heavy atom. The van der Waals surface area contributed by atoms with Crippen molar-refractivity contribution in [2.45, 2.75) is 71.1 Å². The molecule has 0 aromatic rings. The van der Waals surface area contributed by atoms with Gasteiger partial charge in [-0.3, -0.25) is 4.90 Å². The lowest BCUT2D eigenvalue weighted by Crippen LogP contribution is -2.47. The Kier molecular flexibility index (Phi) is 6.11. The molecule has 0 radical (unpaired) electrons. The molecule has 112 valence electrons. The summed E-state index contributed by atoms with van der Waals surface area (Å²) in [6.07, 6.45) is 7.28. The van der Waals surface area contributed by atoms with Crippen molar-refractivity contribution >= 4 is 0 Å². The molecule has 2 unspecified atom stereocenters. The normalized spacial score (nSPS) is 33.8. The van der Waals surface area contributed by atoms with Crippen LogP contribution in [0.1, 0.15) is 52.9 Å². The van der Waals surface area contributed by atoms with E-state index in [-0.39, 0.29) is 0 Å². The third-order valence-corrected chi connectivity index (χ3v) is 4.65. The summed E-state index contributed by atoms with van der Waals surface area (Å²) >= 11 is 0. The summed E-state index contributed by atoms with van der Waals surface area (Å²) in [6.45, 7) is 11.8. The number of ether oxygens (including phenoxy) is 1. The second-order valence-corrected chi connectivity index (χ2v) is 6.57. The first kappa shape index (κ1) is 15.3. The molecule has 0 spiro atoms. The number of nitrogens with one attached hydrogen (secondary N) is 1.